The highest BCUT2D eigenvalue weighted by Gasteiger charge is 2.37. The topological polar surface area (TPSA) is 0 Å². The highest BCUT2D eigenvalue weighted by molar-refractivity contribution is 8.34. The molecule has 0 nitrogen and oxygen atoms in total. The van der Waals surface area contributed by atoms with Gasteiger partial charge in [-0.1, -0.05) is 43.0 Å². The van der Waals surface area contributed by atoms with Gasteiger partial charge in [0.1, 0.15) is 11.6 Å². The first-order valence-corrected chi connectivity index (χ1v) is 11.0. The van der Waals surface area contributed by atoms with E-state index in [-0.39, 0.29) is 0 Å². The van der Waals surface area contributed by atoms with Gasteiger partial charge in [-0.3, -0.25) is 0 Å². The van der Waals surface area contributed by atoms with Crippen LogP contribution in [0.5, 0.6) is 0 Å². The van der Waals surface area contributed by atoms with E-state index in [1.807, 2.05) is 31.2 Å². The normalized spacial score (nSPS) is 16.0. The molecule has 3 aromatic rings. The molecule has 4 rings (SSSR count). The zero-order chi connectivity index (χ0) is 17.6. The van der Waals surface area contributed by atoms with E-state index in [1.165, 1.54) is 6.07 Å². The van der Waals surface area contributed by atoms with E-state index in [0.29, 0.717) is 11.3 Å². The number of benzene rings is 3. The molecule has 0 spiro atoms. The smallest absolute Gasteiger partial charge is 0.139 e. The summed E-state index contributed by atoms with van der Waals surface area (Å²) in [6.07, 6.45) is 2.74. The Morgan fingerprint density at radius 3 is 2.00 bits per heavy atom. The second kappa shape index (κ2) is 6.19. The van der Waals surface area contributed by atoms with E-state index in [9.17, 15) is 4.39 Å². The molecule has 1 aliphatic heterocycles. The summed E-state index contributed by atoms with van der Waals surface area (Å²) >= 11 is 1.73. The maximum Gasteiger partial charge on any atom is 0.139 e. The SMILES string of the molecule is CCc1cc(F)cc(F)c1S1(C)c2ccccc2Sc2ccccc21. The van der Waals surface area contributed by atoms with Crippen LogP contribution in [0.1, 0.15) is 12.5 Å². The van der Waals surface area contributed by atoms with Crippen LogP contribution in [-0.2, 0) is 6.42 Å². The van der Waals surface area contributed by atoms with Crippen molar-refractivity contribution in [2.45, 2.75) is 37.8 Å². The van der Waals surface area contributed by atoms with Gasteiger partial charge in [0.25, 0.3) is 0 Å². The summed E-state index contributed by atoms with van der Waals surface area (Å²) in [5.41, 5.74) is 0.756. The summed E-state index contributed by atoms with van der Waals surface area (Å²) < 4.78 is 28.9. The molecule has 0 saturated carbocycles. The Labute approximate surface area is 152 Å². The zero-order valence-corrected chi connectivity index (χ0v) is 15.7. The van der Waals surface area contributed by atoms with E-state index < -0.39 is 21.7 Å². The Morgan fingerprint density at radius 2 is 1.44 bits per heavy atom. The van der Waals surface area contributed by atoms with Crippen LogP contribution in [0.2, 0.25) is 0 Å². The lowest BCUT2D eigenvalue weighted by atomic mass is 10.1. The monoisotopic (exact) mass is 372 g/mol. The van der Waals surface area contributed by atoms with Gasteiger partial charge in [-0.05, 0) is 48.6 Å². The van der Waals surface area contributed by atoms with Crippen molar-refractivity contribution in [2.24, 2.45) is 0 Å². The molecule has 0 aliphatic carbocycles. The largest absolute Gasteiger partial charge is 0.207 e. The molecule has 0 unspecified atom stereocenters. The third-order valence-electron chi connectivity index (χ3n) is 4.67. The fraction of sp³-hybridized carbons (Fsp3) is 0.143. The molecule has 3 aromatic carbocycles. The lowest BCUT2D eigenvalue weighted by Gasteiger charge is -2.43. The molecule has 0 amide bonds. The number of fused-ring (bicyclic) bond motifs is 2. The molecule has 0 radical (unpaired) electrons. The first-order chi connectivity index (χ1) is 12.1. The summed E-state index contributed by atoms with van der Waals surface area (Å²) in [5.74, 6) is -0.946. The van der Waals surface area contributed by atoms with Crippen molar-refractivity contribution in [1.82, 2.24) is 0 Å². The highest BCUT2D eigenvalue weighted by atomic mass is 32.3. The predicted molar refractivity (Wildman–Crippen MR) is 101 cm³/mol. The predicted octanol–water partition coefficient (Wildman–Crippen LogP) is 6.90. The van der Waals surface area contributed by atoms with Crippen LogP contribution in [0.4, 0.5) is 8.78 Å². The third-order valence-corrected chi connectivity index (χ3v) is 9.83. The van der Waals surface area contributed by atoms with Gasteiger partial charge >= 0.3 is 0 Å². The Hall–Kier alpha value is -1.78. The van der Waals surface area contributed by atoms with Crippen molar-refractivity contribution in [3.63, 3.8) is 0 Å². The molecule has 25 heavy (non-hydrogen) atoms. The van der Waals surface area contributed by atoms with Gasteiger partial charge in [-0.15, -0.1) is 0 Å². The second-order valence-corrected chi connectivity index (χ2v) is 10.4. The molecule has 1 aliphatic rings. The minimum Gasteiger partial charge on any atom is -0.207 e. The summed E-state index contributed by atoms with van der Waals surface area (Å²) in [5, 5.41) is 0. The summed E-state index contributed by atoms with van der Waals surface area (Å²) in [6, 6.07) is 18.9. The maximum atomic E-state index is 15.1. The van der Waals surface area contributed by atoms with Crippen LogP contribution < -0.4 is 0 Å². The first kappa shape index (κ1) is 16.7. The van der Waals surface area contributed by atoms with Crippen LogP contribution in [0, 0.1) is 11.6 Å². The van der Waals surface area contributed by atoms with Gasteiger partial charge in [0.15, 0.2) is 0 Å². The van der Waals surface area contributed by atoms with Crippen LogP contribution in [-0.4, -0.2) is 6.26 Å². The van der Waals surface area contributed by atoms with Crippen molar-refractivity contribution in [3.05, 3.63) is 77.9 Å². The summed E-state index contributed by atoms with van der Waals surface area (Å²) in [6.45, 7) is 1.95. The quantitative estimate of drug-likeness (QED) is 0.471. The Balaban J connectivity index is 2.11. The van der Waals surface area contributed by atoms with E-state index in [2.05, 4.69) is 30.5 Å². The molecule has 0 aromatic heterocycles. The Morgan fingerprint density at radius 1 is 0.880 bits per heavy atom. The van der Waals surface area contributed by atoms with Crippen LogP contribution in [0.3, 0.4) is 0 Å². The van der Waals surface area contributed by atoms with Crippen molar-refractivity contribution in [3.8, 4) is 0 Å². The number of hydrogen-bond acceptors (Lipinski definition) is 1. The number of aryl methyl sites for hydroxylation is 1. The maximum absolute atomic E-state index is 15.1. The molecule has 0 bridgehead atoms. The van der Waals surface area contributed by atoms with Crippen molar-refractivity contribution in [2.75, 3.05) is 6.26 Å². The molecule has 0 saturated heterocycles. The average molecular weight is 373 g/mol. The van der Waals surface area contributed by atoms with Gasteiger partial charge < -0.3 is 0 Å². The lowest BCUT2D eigenvalue weighted by Crippen LogP contribution is -2.12. The second-order valence-electron chi connectivity index (χ2n) is 6.14. The first-order valence-electron chi connectivity index (χ1n) is 8.18. The van der Waals surface area contributed by atoms with Gasteiger partial charge in [0.05, 0.1) is 0 Å². The minimum atomic E-state index is -1.79. The van der Waals surface area contributed by atoms with Gasteiger partial charge in [-0.2, -0.15) is 10.0 Å². The summed E-state index contributed by atoms with van der Waals surface area (Å²) in [4.78, 5) is 5.28. The van der Waals surface area contributed by atoms with Gasteiger partial charge in [0.2, 0.25) is 0 Å². The molecule has 4 heteroatoms. The highest BCUT2D eigenvalue weighted by Crippen LogP contribution is 2.73. The van der Waals surface area contributed by atoms with Crippen LogP contribution >= 0.6 is 21.8 Å². The fourth-order valence-corrected chi connectivity index (χ4v) is 9.15. The van der Waals surface area contributed by atoms with Crippen molar-refractivity contribution >= 4 is 21.8 Å². The van der Waals surface area contributed by atoms with Crippen molar-refractivity contribution in [1.29, 1.82) is 0 Å². The number of rotatable bonds is 2. The molecule has 128 valence electrons. The molecule has 0 N–H and O–H groups in total. The lowest BCUT2D eigenvalue weighted by molar-refractivity contribution is 0.559. The Kier molecular flexibility index (Phi) is 4.13. The molecular weight excluding hydrogens is 354 g/mol. The molecule has 1 heterocycles. The van der Waals surface area contributed by atoms with Crippen LogP contribution in [0.25, 0.3) is 0 Å². The molecule has 0 fully saturated rings. The van der Waals surface area contributed by atoms with Gasteiger partial charge in [-0.25, -0.2) is 8.78 Å². The minimum absolute atomic E-state index is 0.439. The van der Waals surface area contributed by atoms with E-state index in [4.69, 9.17) is 0 Å². The van der Waals surface area contributed by atoms with Gasteiger partial charge in [0, 0.05) is 30.5 Å². The van der Waals surface area contributed by atoms with E-state index in [1.54, 1.807) is 11.8 Å². The third kappa shape index (κ3) is 2.51. The summed E-state index contributed by atoms with van der Waals surface area (Å²) in [7, 11) is -1.79. The molecule has 0 atom stereocenters. The zero-order valence-electron chi connectivity index (χ0n) is 14.1. The van der Waals surface area contributed by atoms with E-state index in [0.717, 1.165) is 31.2 Å². The number of hydrogen-bond donors (Lipinski definition) is 0. The number of halogens is 2. The fourth-order valence-electron chi connectivity index (χ4n) is 3.53. The van der Waals surface area contributed by atoms with E-state index >= 15 is 4.39 Å². The standard InChI is InChI=1S/C21H18F2S2/c1-3-14-12-15(22)13-16(23)21(14)25(2)19-10-6-4-8-17(19)24-18-9-5-7-11-20(18)25/h4-13H,3H2,1-2H3. The van der Waals surface area contributed by atoms with Crippen LogP contribution in [0.15, 0.2) is 85.1 Å². The van der Waals surface area contributed by atoms with Crippen molar-refractivity contribution < 1.29 is 8.78 Å². The average Bonchev–Trinajstić information content (AvgIpc) is 2.61. The molecular formula is C21H18F2S2. The Bertz CT molecular complexity index is 920.